The van der Waals surface area contributed by atoms with E-state index >= 15 is 0 Å². The number of rotatable bonds is 5. The van der Waals surface area contributed by atoms with E-state index in [1.165, 1.54) is 0 Å². The second-order valence-corrected chi connectivity index (χ2v) is 7.13. The predicted octanol–water partition coefficient (Wildman–Crippen LogP) is 3.62. The Kier molecular flexibility index (Phi) is 5.39. The van der Waals surface area contributed by atoms with E-state index in [9.17, 15) is 9.90 Å². The summed E-state index contributed by atoms with van der Waals surface area (Å²) in [5.74, 6) is 0.104. The van der Waals surface area contributed by atoms with Gasteiger partial charge in [-0.1, -0.05) is 18.2 Å². The average molecular weight is 374 g/mol. The number of nitrogens with zero attached hydrogens (tertiary/aromatic N) is 4. The van der Waals surface area contributed by atoms with Crippen molar-refractivity contribution in [1.82, 2.24) is 19.9 Å². The van der Waals surface area contributed by atoms with Gasteiger partial charge in [0.05, 0.1) is 5.56 Å². The van der Waals surface area contributed by atoms with Crippen LogP contribution in [0.1, 0.15) is 40.2 Å². The van der Waals surface area contributed by atoms with Crippen LogP contribution < -0.4 is 0 Å². The van der Waals surface area contributed by atoms with E-state index < -0.39 is 5.97 Å². The van der Waals surface area contributed by atoms with Gasteiger partial charge in [0, 0.05) is 37.2 Å². The van der Waals surface area contributed by atoms with Crippen molar-refractivity contribution in [3.8, 4) is 11.5 Å². The van der Waals surface area contributed by atoms with Crippen LogP contribution in [0.25, 0.3) is 11.5 Å². The zero-order chi connectivity index (χ0) is 19.3. The van der Waals surface area contributed by atoms with Crippen molar-refractivity contribution in [3.05, 3.63) is 77.7 Å². The molecule has 0 spiro atoms. The minimum atomic E-state index is -0.875. The smallest absolute Gasteiger partial charge is 0.335 e. The molecular weight excluding hydrogens is 352 g/mol. The van der Waals surface area contributed by atoms with Gasteiger partial charge in [0.25, 0.3) is 0 Å². The summed E-state index contributed by atoms with van der Waals surface area (Å²) in [4.78, 5) is 26.8. The van der Waals surface area contributed by atoms with Crippen molar-refractivity contribution in [2.75, 3.05) is 13.1 Å². The van der Waals surface area contributed by atoms with Crippen molar-refractivity contribution in [2.45, 2.75) is 25.3 Å². The van der Waals surface area contributed by atoms with Crippen molar-refractivity contribution >= 4 is 5.97 Å². The minimum Gasteiger partial charge on any atom is -0.478 e. The van der Waals surface area contributed by atoms with Gasteiger partial charge in [-0.2, -0.15) is 0 Å². The first-order chi connectivity index (χ1) is 13.7. The Labute approximate surface area is 163 Å². The molecule has 142 valence electrons. The first-order valence-corrected chi connectivity index (χ1v) is 9.47. The number of hydrogen-bond acceptors (Lipinski definition) is 5. The van der Waals surface area contributed by atoms with Gasteiger partial charge in [-0.3, -0.25) is 9.88 Å². The zero-order valence-electron chi connectivity index (χ0n) is 15.5. The molecule has 1 unspecified atom stereocenters. The van der Waals surface area contributed by atoms with Crippen molar-refractivity contribution < 1.29 is 9.90 Å². The van der Waals surface area contributed by atoms with Crippen LogP contribution in [0.15, 0.2) is 61.1 Å². The maximum Gasteiger partial charge on any atom is 0.335 e. The average Bonchev–Trinajstić information content (AvgIpc) is 2.75. The highest BCUT2D eigenvalue weighted by Crippen LogP contribution is 2.28. The first kappa shape index (κ1) is 18.3. The van der Waals surface area contributed by atoms with Gasteiger partial charge in [0.15, 0.2) is 5.82 Å². The second-order valence-electron chi connectivity index (χ2n) is 7.13. The Balaban J connectivity index is 1.43. The molecule has 3 aromatic rings. The maximum absolute atomic E-state index is 11.2. The summed E-state index contributed by atoms with van der Waals surface area (Å²) in [7, 11) is 0. The van der Waals surface area contributed by atoms with Crippen LogP contribution in [0.2, 0.25) is 0 Å². The quantitative estimate of drug-likeness (QED) is 0.735. The molecule has 1 aliphatic rings. The number of aromatic carboxylic acids is 1. The van der Waals surface area contributed by atoms with Crippen molar-refractivity contribution in [2.24, 2.45) is 0 Å². The first-order valence-electron chi connectivity index (χ1n) is 9.47. The molecule has 6 nitrogen and oxygen atoms in total. The molecule has 0 amide bonds. The van der Waals surface area contributed by atoms with E-state index in [0.29, 0.717) is 17.3 Å². The minimum absolute atomic E-state index is 0.349. The van der Waals surface area contributed by atoms with Crippen LogP contribution >= 0.6 is 0 Å². The van der Waals surface area contributed by atoms with Gasteiger partial charge in [-0.05, 0) is 55.1 Å². The fourth-order valence-corrected chi connectivity index (χ4v) is 3.72. The lowest BCUT2D eigenvalue weighted by Crippen LogP contribution is -2.34. The number of pyridine rings is 1. The number of carboxylic acids is 1. The number of piperidine rings is 1. The lowest BCUT2D eigenvalue weighted by atomic mass is 9.89. The lowest BCUT2D eigenvalue weighted by molar-refractivity contribution is 0.0696. The van der Waals surface area contributed by atoms with Crippen molar-refractivity contribution in [1.29, 1.82) is 0 Å². The Morgan fingerprint density at radius 3 is 2.71 bits per heavy atom. The highest BCUT2D eigenvalue weighted by molar-refractivity contribution is 5.87. The van der Waals surface area contributed by atoms with Crippen LogP contribution in [0.4, 0.5) is 0 Å². The SMILES string of the molecule is O=C(O)c1cccc(C2CCCN(Cc3cnc(-c4ccccn4)nc3)C2)c1. The van der Waals surface area contributed by atoms with Crippen LogP contribution in [-0.4, -0.2) is 44.0 Å². The number of likely N-dealkylation sites (tertiary alicyclic amines) is 1. The molecule has 2 aromatic heterocycles. The van der Waals surface area contributed by atoms with E-state index in [-0.39, 0.29) is 0 Å². The predicted molar refractivity (Wildman–Crippen MR) is 106 cm³/mol. The molecule has 1 aliphatic heterocycles. The molecule has 0 radical (unpaired) electrons. The number of carboxylic acid groups (broad SMARTS) is 1. The molecule has 0 aliphatic carbocycles. The summed E-state index contributed by atoms with van der Waals surface area (Å²) >= 11 is 0. The third-order valence-electron chi connectivity index (χ3n) is 5.12. The molecule has 3 heterocycles. The highest BCUT2D eigenvalue weighted by atomic mass is 16.4. The van der Waals surface area contributed by atoms with Gasteiger partial charge in [0.2, 0.25) is 0 Å². The molecule has 1 atom stereocenters. The summed E-state index contributed by atoms with van der Waals surface area (Å²) in [5.41, 5.74) is 3.30. The summed E-state index contributed by atoms with van der Waals surface area (Å²) in [5, 5.41) is 9.23. The van der Waals surface area contributed by atoms with Gasteiger partial charge in [-0.15, -0.1) is 0 Å². The van der Waals surface area contributed by atoms with Gasteiger partial charge in [-0.25, -0.2) is 14.8 Å². The molecule has 1 fully saturated rings. The molecule has 0 saturated carbocycles. The normalized spacial score (nSPS) is 17.4. The van der Waals surface area contributed by atoms with E-state index in [1.807, 2.05) is 42.7 Å². The van der Waals surface area contributed by atoms with Crippen LogP contribution in [0.3, 0.4) is 0 Å². The third-order valence-corrected chi connectivity index (χ3v) is 5.12. The number of aromatic nitrogens is 3. The maximum atomic E-state index is 11.2. The summed E-state index contributed by atoms with van der Waals surface area (Å²) in [6, 6.07) is 13.0. The van der Waals surface area contributed by atoms with Gasteiger partial charge in [0.1, 0.15) is 5.69 Å². The van der Waals surface area contributed by atoms with Gasteiger partial charge >= 0.3 is 5.97 Å². The molecule has 0 bridgehead atoms. The topological polar surface area (TPSA) is 79.2 Å². The zero-order valence-corrected chi connectivity index (χ0v) is 15.5. The van der Waals surface area contributed by atoms with E-state index in [0.717, 1.165) is 49.3 Å². The van der Waals surface area contributed by atoms with Crippen LogP contribution in [0.5, 0.6) is 0 Å². The monoisotopic (exact) mass is 374 g/mol. The standard InChI is InChI=1S/C22H22N4O2/c27-22(28)18-6-3-5-17(11-18)19-7-4-10-26(15-19)14-16-12-24-21(25-13-16)20-8-1-2-9-23-20/h1-3,5-6,8-9,11-13,19H,4,7,10,14-15H2,(H,27,28). The molecular formula is C22H22N4O2. The molecule has 1 N–H and O–H groups in total. The summed E-state index contributed by atoms with van der Waals surface area (Å²) < 4.78 is 0. The summed E-state index contributed by atoms with van der Waals surface area (Å²) in [6.07, 6.45) is 7.64. The largest absolute Gasteiger partial charge is 0.478 e. The molecule has 28 heavy (non-hydrogen) atoms. The van der Waals surface area contributed by atoms with E-state index in [1.54, 1.807) is 18.3 Å². The molecule has 1 aromatic carbocycles. The highest BCUT2D eigenvalue weighted by Gasteiger charge is 2.22. The Morgan fingerprint density at radius 2 is 1.96 bits per heavy atom. The molecule has 4 rings (SSSR count). The summed E-state index contributed by atoms with van der Waals surface area (Å²) in [6.45, 7) is 2.72. The Bertz CT molecular complexity index is 944. The number of benzene rings is 1. The molecule has 6 heteroatoms. The van der Waals surface area contributed by atoms with Crippen molar-refractivity contribution in [3.63, 3.8) is 0 Å². The van der Waals surface area contributed by atoms with Crippen LogP contribution in [-0.2, 0) is 6.54 Å². The van der Waals surface area contributed by atoms with E-state index in [2.05, 4.69) is 19.9 Å². The number of carbonyl (C=O) groups is 1. The fraction of sp³-hybridized carbons (Fsp3) is 0.273. The van der Waals surface area contributed by atoms with E-state index in [4.69, 9.17) is 0 Å². The van der Waals surface area contributed by atoms with Gasteiger partial charge < -0.3 is 5.11 Å². The number of hydrogen-bond donors (Lipinski definition) is 1. The third kappa shape index (κ3) is 4.23. The fourth-order valence-electron chi connectivity index (χ4n) is 3.72. The van der Waals surface area contributed by atoms with Crippen LogP contribution in [0, 0.1) is 0 Å². The second kappa shape index (κ2) is 8.27. The Morgan fingerprint density at radius 1 is 1.11 bits per heavy atom. The molecule has 1 saturated heterocycles. The Hall–Kier alpha value is -3.12. The lowest BCUT2D eigenvalue weighted by Gasteiger charge is -2.33.